The summed E-state index contributed by atoms with van der Waals surface area (Å²) >= 11 is 0. The SMILES string of the molecule is O=C(N[C@H]1C[C@@H](n2cc(CO)nn2)C1)c1cc(-c2ccccc2)on1. The van der Waals surface area contributed by atoms with E-state index in [0.717, 1.165) is 18.4 Å². The number of rotatable bonds is 5. The third kappa shape index (κ3) is 3.16. The van der Waals surface area contributed by atoms with Crippen LogP contribution in [0.2, 0.25) is 0 Å². The first-order valence-corrected chi connectivity index (χ1v) is 8.07. The van der Waals surface area contributed by atoms with E-state index >= 15 is 0 Å². The van der Waals surface area contributed by atoms with Crippen molar-refractivity contribution in [2.24, 2.45) is 0 Å². The molecular formula is C17H17N5O3. The highest BCUT2D eigenvalue weighted by Gasteiger charge is 2.33. The normalized spacial score (nSPS) is 19.4. The molecular weight excluding hydrogens is 322 g/mol. The zero-order valence-electron chi connectivity index (χ0n) is 13.4. The quantitative estimate of drug-likeness (QED) is 0.731. The van der Waals surface area contributed by atoms with Crippen LogP contribution in [0, 0.1) is 0 Å². The van der Waals surface area contributed by atoms with E-state index in [2.05, 4.69) is 20.8 Å². The Morgan fingerprint density at radius 3 is 2.84 bits per heavy atom. The molecule has 0 unspecified atom stereocenters. The second-order valence-electron chi connectivity index (χ2n) is 6.09. The van der Waals surface area contributed by atoms with E-state index in [9.17, 15) is 4.79 Å². The van der Waals surface area contributed by atoms with Gasteiger partial charge in [-0.1, -0.05) is 40.7 Å². The smallest absolute Gasteiger partial charge is 0.273 e. The Morgan fingerprint density at radius 2 is 2.12 bits per heavy atom. The summed E-state index contributed by atoms with van der Waals surface area (Å²) in [6.07, 6.45) is 3.26. The molecule has 128 valence electrons. The number of nitrogens with zero attached hydrogens (tertiary/aromatic N) is 4. The molecule has 1 fully saturated rings. The van der Waals surface area contributed by atoms with Gasteiger partial charge < -0.3 is 14.9 Å². The maximum Gasteiger partial charge on any atom is 0.273 e. The fraction of sp³-hybridized carbons (Fsp3) is 0.294. The van der Waals surface area contributed by atoms with Gasteiger partial charge in [-0.2, -0.15) is 0 Å². The molecule has 1 aliphatic carbocycles. The van der Waals surface area contributed by atoms with Crippen molar-refractivity contribution in [1.82, 2.24) is 25.5 Å². The molecule has 0 aliphatic heterocycles. The van der Waals surface area contributed by atoms with Crippen molar-refractivity contribution in [3.05, 3.63) is 54.0 Å². The second-order valence-corrected chi connectivity index (χ2v) is 6.09. The molecule has 1 aromatic carbocycles. The summed E-state index contributed by atoms with van der Waals surface area (Å²) in [6, 6.07) is 11.4. The Kier molecular flexibility index (Phi) is 4.02. The van der Waals surface area contributed by atoms with Crippen LogP contribution in [0.3, 0.4) is 0 Å². The van der Waals surface area contributed by atoms with Crippen LogP contribution in [0.1, 0.15) is 35.1 Å². The van der Waals surface area contributed by atoms with Gasteiger partial charge in [0.1, 0.15) is 5.69 Å². The molecule has 4 rings (SSSR count). The van der Waals surface area contributed by atoms with Crippen molar-refractivity contribution in [3.8, 4) is 11.3 Å². The molecule has 2 aromatic heterocycles. The van der Waals surface area contributed by atoms with Crippen LogP contribution in [-0.2, 0) is 6.61 Å². The number of amides is 1. The largest absolute Gasteiger partial charge is 0.390 e. The molecule has 2 N–H and O–H groups in total. The molecule has 0 spiro atoms. The lowest BCUT2D eigenvalue weighted by atomic mass is 9.87. The van der Waals surface area contributed by atoms with Gasteiger partial charge >= 0.3 is 0 Å². The first kappa shape index (κ1) is 15.5. The minimum absolute atomic E-state index is 0.0659. The minimum Gasteiger partial charge on any atom is -0.390 e. The van der Waals surface area contributed by atoms with Crippen LogP contribution in [0.5, 0.6) is 0 Å². The number of benzene rings is 1. The number of carbonyl (C=O) groups excluding carboxylic acids is 1. The Balaban J connectivity index is 1.34. The molecule has 3 aromatic rings. The number of aromatic nitrogens is 4. The monoisotopic (exact) mass is 339 g/mol. The summed E-state index contributed by atoms with van der Waals surface area (Å²) in [5, 5.41) is 23.7. The fourth-order valence-electron chi connectivity index (χ4n) is 2.87. The molecule has 1 amide bonds. The zero-order valence-corrected chi connectivity index (χ0v) is 13.4. The summed E-state index contributed by atoms with van der Waals surface area (Å²) < 4.78 is 6.99. The maximum atomic E-state index is 12.3. The summed E-state index contributed by atoms with van der Waals surface area (Å²) in [6.45, 7) is -0.122. The lowest BCUT2D eigenvalue weighted by Crippen LogP contribution is -2.45. The number of carbonyl (C=O) groups is 1. The second kappa shape index (κ2) is 6.48. The lowest BCUT2D eigenvalue weighted by Gasteiger charge is -2.35. The van der Waals surface area contributed by atoms with E-state index in [1.54, 1.807) is 16.9 Å². The lowest BCUT2D eigenvalue weighted by molar-refractivity contribution is 0.0878. The van der Waals surface area contributed by atoms with Gasteiger partial charge in [0.05, 0.1) is 18.8 Å². The van der Waals surface area contributed by atoms with Gasteiger partial charge in [-0.05, 0) is 12.8 Å². The fourth-order valence-corrected chi connectivity index (χ4v) is 2.87. The van der Waals surface area contributed by atoms with Crippen LogP contribution in [0.15, 0.2) is 47.1 Å². The summed E-state index contributed by atoms with van der Waals surface area (Å²) in [5.74, 6) is 0.320. The molecule has 0 atom stereocenters. The number of nitrogens with one attached hydrogen (secondary N) is 1. The van der Waals surface area contributed by atoms with E-state index in [1.807, 2.05) is 30.3 Å². The summed E-state index contributed by atoms with van der Waals surface area (Å²) in [5.41, 5.74) is 1.69. The maximum absolute atomic E-state index is 12.3. The third-order valence-corrected chi connectivity index (χ3v) is 4.34. The van der Waals surface area contributed by atoms with Gasteiger partial charge in [0.15, 0.2) is 11.5 Å². The molecule has 1 saturated carbocycles. The molecule has 0 bridgehead atoms. The molecule has 25 heavy (non-hydrogen) atoms. The van der Waals surface area contributed by atoms with Gasteiger partial charge in [0.2, 0.25) is 0 Å². The van der Waals surface area contributed by atoms with Crippen molar-refractivity contribution < 1.29 is 14.4 Å². The average Bonchev–Trinajstić information content (AvgIpc) is 3.27. The number of hydrogen-bond donors (Lipinski definition) is 2. The Labute approximate surface area is 143 Å². The molecule has 8 nitrogen and oxygen atoms in total. The first-order chi connectivity index (χ1) is 12.2. The molecule has 1 aliphatic rings. The highest BCUT2D eigenvalue weighted by molar-refractivity contribution is 5.93. The molecule has 8 heteroatoms. The predicted molar refractivity (Wildman–Crippen MR) is 87.4 cm³/mol. The van der Waals surface area contributed by atoms with E-state index in [0.29, 0.717) is 11.5 Å². The summed E-state index contributed by atoms with van der Waals surface area (Å²) in [4.78, 5) is 12.3. The summed E-state index contributed by atoms with van der Waals surface area (Å²) in [7, 11) is 0. The van der Waals surface area contributed by atoms with Crippen molar-refractivity contribution in [2.75, 3.05) is 0 Å². The van der Waals surface area contributed by atoms with Gasteiger partial charge in [-0.3, -0.25) is 4.79 Å². The van der Waals surface area contributed by atoms with Crippen LogP contribution in [0.25, 0.3) is 11.3 Å². The minimum atomic E-state index is -0.246. The Hall–Kier alpha value is -3.00. The highest BCUT2D eigenvalue weighted by atomic mass is 16.5. The van der Waals surface area contributed by atoms with E-state index in [-0.39, 0.29) is 30.3 Å². The van der Waals surface area contributed by atoms with Gasteiger partial charge in [-0.15, -0.1) is 5.10 Å². The third-order valence-electron chi connectivity index (χ3n) is 4.34. The standard InChI is InChI=1S/C17H17N5O3/c23-10-13-9-22(21-19-13)14-6-12(7-14)18-17(24)15-8-16(25-20-15)11-4-2-1-3-5-11/h1-5,8-9,12,14,23H,6-7,10H2,(H,18,24)/t12-,14+. The van der Waals surface area contributed by atoms with Crippen molar-refractivity contribution in [3.63, 3.8) is 0 Å². The molecule has 2 heterocycles. The molecule has 0 radical (unpaired) electrons. The highest BCUT2D eigenvalue weighted by Crippen LogP contribution is 2.31. The van der Waals surface area contributed by atoms with E-state index < -0.39 is 0 Å². The Morgan fingerprint density at radius 1 is 1.32 bits per heavy atom. The number of aliphatic hydroxyl groups is 1. The van der Waals surface area contributed by atoms with Crippen molar-refractivity contribution >= 4 is 5.91 Å². The predicted octanol–water partition coefficient (Wildman–Crippen LogP) is 1.56. The Bertz CT molecular complexity index is 867. The van der Waals surface area contributed by atoms with Crippen molar-refractivity contribution in [2.45, 2.75) is 31.5 Å². The van der Waals surface area contributed by atoms with E-state index in [1.165, 1.54) is 0 Å². The van der Waals surface area contributed by atoms with Crippen molar-refractivity contribution in [1.29, 1.82) is 0 Å². The van der Waals surface area contributed by atoms with Gasteiger partial charge in [0.25, 0.3) is 5.91 Å². The van der Waals surface area contributed by atoms with Gasteiger partial charge in [0, 0.05) is 17.7 Å². The first-order valence-electron chi connectivity index (χ1n) is 8.07. The van der Waals surface area contributed by atoms with Crippen LogP contribution >= 0.6 is 0 Å². The number of hydrogen-bond acceptors (Lipinski definition) is 6. The van der Waals surface area contributed by atoms with E-state index in [4.69, 9.17) is 9.63 Å². The number of aliphatic hydroxyl groups excluding tert-OH is 1. The van der Waals surface area contributed by atoms with Crippen LogP contribution < -0.4 is 5.32 Å². The van der Waals surface area contributed by atoms with Crippen LogP contribution in [0.4, 0.5) is 0 Å². The molecule has 0 saturated heterocycles. The average molecular weight is 339 g/mol. The van der Waals surface area contributed by atoms with Gasteiger partial charge in [-0.25, -0.2) is 4.68 Å². The zero-order chi connectivity index (χ0) is 17.2. The van der Waals surface area contributed by atoms with Crippen LogP contribution in [-0.4, -0.2) is 37.2 Å². The topological polar surface area (TPSA) is 106 Å².